The minimum atomic E-state index is 0.859. The van der Waals surface area contributed by atoms with E-state index in [0.717, 1.165) is 83.0 Å². The third-order valence-electron chi connectivity index (χ3n) is 10.9. The van der Waals surface area contributed by atoms with Crippen LogP contribution in [0.4, 0.5) is 17.1 Å². The highest BCUT2D eigenvalue weighted by atomic mass is 16.3. The second kappa shape index (κ2) is 12.6. The Morgan fingerprint density at radius 3 is 1.67 bits per heavy atom. The normalized spacial score (nSPS) is 11.6. The van der Waals surface area contributed by atoms with Gasteiger partial charge in [-0.05, 0) is 93.4 Å². The van der Waals surface area contributed by atoms with E-state index in [1.165, 1.54) is 22.1 Å². The zero-order chi connectivity index (χ0) is 36.3. The van der Waals surface area contributed by atoms with E-state index in [4.69, 9.17) is 8.83 Å². The first-order chi connectivity index (χ1) is 27.3. The van der Waals surface area contributed by atoms with Crippen molar-refractivity contribution in [2.45, 2.75) is 0 Å². The highest BCUT2D eigenvalue weighted by Crippen LogP contribution is 2.44. The third kappa shape index (κ3) is 5.20. The minimum Gasteiger partial charge on any atom is -0.455 e. The number of benzene rings is 9. The number of para-hydroxylation sites is 2. The first kappa shape index (κ1) is 31.2. The second-order valence-corrected chi connectivity index (χ2v) is 14.1. The fraction of sp³-hybridized carbons (Fsp3) is 0. The Labute approximate surface area is 317 Å². The molecule has 0 aliphatic carbocycles. The van der Waals surface area contributed by atoms with Crippen LogP contribution in [0.2, 0.25) is 0 Å². The monoisotopic (exact) mass is 703 g/mol. The molecule has 258 valence electrons. The lowest BCUT2D eigenvalue weighted by atomic mass is 9.95. The Bertz CT molecular complexity index is 3190. The summed E-state index contributed by atoms with van der Waals surface area (Å²) in [5.74, 6) is 0. The van der Waals surface area contributed by atoms with Gasteiger partial charge in [0.2, 0.25) is 0 Å². The van der Waals surface area contributed by atoms with E-state index in [1.807, 2.05) is 12.1 Å². The summed E-state index contributed by atoms with van der Waals surface area (Å²) in [5.41, 5.74) is 13.6. The van der Waals surface area contributed by atoms with Gasteiger partial charge in [0, 0.05) is 38.3 Å². The molecular weight excluding hydrogens is 671 g/mol. The number of hydrogen-bond acceptors (Lipinski definition) is 3. The van der Waals surface area contributed by atoms with Gasteiger partial charge in [-0.1, -0.05) is 146 Å². The first-order valence-electron chi connectivity index (χ1n) is 18.7. The van der Waals surface area contributed by atoms with E-state index in [0.29, 0.717) is 0 Å². The summed E-state index contributed by atoms with van der Waals surface area (Å²) in [5, 5.41) is 6.74. The van der Waals surface area contributed by atoms with Gasteiger partial charge < -0.3 is 13.7 Å². The van der Waals surface area contributed by atoms with Crippen LogP contribution in [0.3, 0.4) is 0 Å². The molecule has 0 atom stereocenters. The first-order valence-corrected chi connectivity index (χ1v) is 18.7. The summed E-state index contributed by atoms with van der Waals surface area (Å²) in [6.07, 6.45) is 0. The molecule has 3 heteroatoms. The Balaban J connectivity index is 1.05. The van der Waals surface area contributed by atoms with Crippen molar-refractivity contribution in [1.29, 1.82) is 0 Å². The molecule has 55 heavy (non-hydrogen) atoms. The number of furan rings is 2. The van der Waals surface area contributed by atoms with Crippen LogP contribution in [0, 0.1) is 0 Å². The molecule has 2 aromatic heterocycles. The molecule has 0 spiro atoms. The molecule has 0 unspecified atom stereocenters. The SMILES string of the molecule is c1ccc(-c2cccc(N(c3ccc(-c4ccc5oc6c7ccccc7c(-c7ccccc7)cc6c5c4)cc3)c3cccc4c3oc3ccccc34)c2)cc1. The van der Waals surface area contributed by atoms with Gasteiger partial charge in [-0.15, -0.1) is 0 Å². The molecule has 11 rings (SSSR count). The molecule has 0 bridgehead atoms. The van der Waals surface area contributed by atoms with E-state index in [2.05, 4.69) is 193 Å². The number of nitrogens with zero attached hydrogens (tertiary/aromatic N) is 1. The van der Waals surface area contributed by atoms with Crippen molar-refractivity contribution in [3.63, 3.8) is 0 Å². The molecule has 2 heterocycles. The highest BCUT2D eigenvalue weighted by molar-refractivity contribution is 6.19. The van der Waals surface area contributed by atoms with Crippen molar-refractivity contribution in [2.75, 3.05) is 4.90 Å². The van der Waals surface area contributed by atoms with Crippen molar-refractivity contribution in [3.8, 4) is 33.4 Å². The molecule has 11 aromatic rings. The summed E-state index contributed by atoms with van der Waals surface area (Å²) in [6.45, 7) is 0. The van der Waals surface area contributed by atoms with Gasteiger partial charge in [0.25, 0.3) is 0 Å². The zero-order valence-electron chi connectivity index (χ0n) is 29.8. The average Bonchev–Trinajstić information content (AvgIpc) is 3.83. The van der Waals surface area contributed by atoms with Crippen LogP contribution in [0.25, 0.3) is 88.0 Å². The van der Waals surface area contributed by atoms with Crippen LogP contribution in [0.1, 0.15) is 0 Å². The lowest BCUT2D eigenvalue weighted by Gasteiger charge is -2.26. The maximum absolute atomic E-state index is 6.60. The molecule has 9 aromatic carbocycles. The lowest BCUT2D eigenvalue weighted by molar-refractivity contribution is 0.669. The molecule has 0 saturated carbocycles. The minimum absolute atomic E-state index is 0.859. The number of hydrogen-bond donors (Lipinski definition) is 0. The van der Waals surface area contributed by atoms with Gasteiger partial charge in [-0.3, -0.25) is 0 Å². The summed E-state index contributed by atoms with van der Waals surface area (Å²) in [4.78, 5) is 2.31. The summed E-state index contributed by atoms with van der Waals surface area (Å²) in [7, 11) is 0. The molecule has 0 fully saturated rings. The molecule has 0 saturated heterocycles. The molecule has 3 nitrogen and oxygen atoms in total. The summed E-state index contributed by atoms with van der Waals surface area (Å²) >= 11 is 0. The average molecular weight is 704 g/mol. The van der Waals surface area contributed by atoms with Crippen LogP contribution < -0.4 is 4.90 Å². The number of rotatable bonds is 6. The molecular formula is C52H33NO2. The van der Waals surface area contributed by atoms with Gasteiger partial charge in [0.15, 0.2) is 5.58 Å². The Morgan fingerprint density at radius 2 is 0.855 bits per heavy atom. The van der Waals surface area contributed by atoms with E-state index in [1.54, 1.807) is 0 Å². The smallest absolute Gasteiger partial charge is 0.159 e. The van der Waals surface area contributed by atoms with E-state index in [-0.39, 0.29) is 0 Å². The Morgan fingerprint density at radius 1 is 0.291 bits per heavy atom. The predicted octanol–water partition coefficient (Wildman–Crippen LogP) is 15.1. The van der Waals surface area contributed by atoms with Gasteiger partial charge >= 0.3 is 0 Å². The van der Waals surface area contributed by atoms with Crippen LogP contribution in [0.15, 0.2) is 209 Å². The predicted molar refractivity (Wildman–Crippen MR) is 229 cm³/mol. The van der Waals surface area contributed by atoms with Gasteiger partial charge in [-0.25, -0.2) is 0 Å². The zero-order valence-corrected chi connectivity index (χ0v) is 29.8. The van der Waals surface area contributed by atoms with Crippen molar-refractivity contribution in [1.82, 2.24) is 0 Å². The van der Waals surface area contributed by atoms with Crippen LogP contribution in [0.5, 0.6) is 0 Å². The lowest BCUT2D eigenvalue weighted by Crippen LogP contribution is -2.10. The summed E-state index contributed by atoms with van der Waals surface area (Å²) in [6, 6.07) is 70.8. The van der Waals surface area contributed by atoms with Crippen molar-refractivity contribution in [2.24, 2.45) is 0 Å². The van der Waals surface area contributed by atoms with Gasteiger partial charge in [-0.2, -0.15) is 0 Å². The van der Waals surface area contributed by atoms with Gasteiger partial charge in [0.05, 0.1) is 5.69 Å². The second-order valence-electron chi connectivity index (χ2n) is 14.1. The molecule has 0 aliphatic rings. The molecule has 0 radical (unpaired) electrons. The molecule has 0 aliphatic heterocycles. The number of anilines is 3. The molecule has 0 N–H and O–H groups in total. The standard InChI is InChI=1S/C52H33NO2/c1-3-13-34(14-4-1)37-17-11-18-40(31-37)53(48-23-12-22-44-42-20-9-10-24-49(42)55-52(44)48)39-28-25-35(26-29-39)38-27-30-50-46(32-38)47-33-45(36-15-5-2-6-16-36)41-19-7-8-21-43(41)51(47)54-50/h1-33H. The fourth-order valence-electron chi connectivity index (χ4n) is 8.23. The quantitative estimate of drug-likeness (QED) is 0.173. The molecule has 0 amide bonds. The fourth-order valence-corrected chi connectivity index (χ4v) is 8.23. The van der Waals surface area contributed by atoms with Gasteiger partial charge in [0.1, 0.15) is 16.7 Å². The van der Waals surface area contributed by atoms with E-state index < -0.39 is 0 Å². The van der Waals surface area contributed by atoms with Crippen molar-refractivity contribution < 1.29 is 8.83 Å². The summed E-state index contributed by atoms with van der Waals surface area (Å²) < 4.78 is 13.2. The highest BCUT2D eigenvalue weighted by Gasteiger charge is 2.20. The van der Waals surface area contributed by atoms with E-state index in [9.17, 15) is 0 Å². The topological polar surface area (TPSA) is 29.5 Å². The largest absolute Gasteiger partial charge is 0.455 e. The third-order valence-corrected chi connectivity index (χ3v) is 10.9. The van der Waals surface area contributed by atoms with Crippen LogP contribution in [-0.4, -0.2) is 0 Å². The Kier molecular flexibility index (Phi) is 7.17. The Hall–Kier alpha value is -7.36. The van der Waals surface area contributed by atoms with Crippen molar-refractivity contribution >= 4 is 71.7 Å². The number of fused-ring (bicyclic) bond motifs is 8. The van der Waals surface area contributed by atoms with Crippen molar-refractivity contribution in [3.05, 3.63) is 200 Å². The van der Waals surface area contributed by atoms with Crippen LogP contribution >= 0.6 is 0 Å². The van der Waals surface area contributed by atoms with Crippen LogP contribution in [-0.2, 0) is 0 Å². The maximum Gasteiger partial charge on any atom is 0.159 e. The van der Waals surface area contributed by atoms with E-state index >= 15 is 0 Å². The maximum atomic E-state index is 6.60.